The topological polar surface area (TPSA) is 87.2 Å². The fourth-order valence-corrected chi connectivity index (χ4v) is 5.48. The van der Waals surface area contributed by atoms with Crippen LogP contribution in [0.15, 0.2) is 18.3 Å². The van der Waals surface area contributed by atoms with Gasteiger partial charge in [-0.2, -0.15) is 5.10 Å². The molecule has 0 spiro atoms. The van der Waals surface area contributed by atoms with Crippen LogP contribution >= 0.6 is 0 Å². The third-order valence-corrected chi connectivity index (χ3v) is 7.31. The van der Waals surface area contributed by atoms with Gasteiger partial charge in [0.15, 0.2) is 11.6 Å². The van der Waals surface area contributed by atoms with E-state index >= 15 is 0 Å². The molecule has 0 radical (unpaired) electrons. The van der Waals surface area contributed by atoms with E-state index in [0.717, 1.165) is 31.7 Å². The van der Waals surface area contributed by atoms with Crippen molar-refractivity contribution >= 4 is 5.82 Å². The Labute approximate surface area is 190 Å². The van der Waals surface area contributed by atoms with Crippen LogP contribution in [0.4, 0.5) is 19.0 Å². The SMILES string of the molecule is CC(NC1C[C@@H]2C(c3cc(-c4cnc(N)c(OC(F)(F)F)c4)nn3C(C)C)[C@@H]2C1)C1COC1. The van der Waals surface area contributed by atoms with Crippen molar-refractivity contribution in [1.29, 1.82) is 0 Å². The highest BCUT2D eigenvalue weighted by Gasteiger charge is 2.58. The molecule has 1 aliphatic heterocycles. The molecule has 7 nitrogen and oxygen atoms in total. The highest BCUT2D eigenvalue weighted by Crippen LogP contribution is 2.63. The van der Waals surface area contributed by atoms with E-state index in [2.05, 4.69) is 35.8 Å². The van der Waals surface area contributed by atoms with Crippen molar-refractivity contribution in [2.45, 2.75) is 64.0 Å². The first-order valence-electron chi connectivity index (χ1n) is 11.6. The summed E-state index contributed by atoms with van der Waals surface area (Å²) in [7, 11) is 0. The average molecular weight is 466 g/mol. The Morgan fingerprint density at radius 2 is 1.88 bits per heavy atom. The molecule has 2 saturated carbocycles. The van der Waals surface area contributed by atoms with E-state index < -0.39 is 12.1 Å². The van der Waals surface area contributed by atoms with Crippen LogP contribution < -0.4 is 15.8 Å². The third-order valence-electron chi connectivity index (χ3n) is 7.31. The fourth-order valence-electron chi connectivity index (χ4n) is 5.48. The maximum absolute atomic E-state index is 12.7. The second-order valence-corrected chi connectivity index (χ2v) is 9.92. The molecule has 3 N–H and O–H groups in total. The number of nitrogens with zero attached hydrogens (tertiary/aromatic N) is 3. The molecule has 10 heteroatoms. The fraction of sp³-hybridized carbons (Fsp3) is 0.652. The zero-order valence-electron chi connectivity index (χ0n) is 19.0. The lowest BCUT2D eigenvalue weighted by Gasteiger charge is -2.34. The van der Waals surface area contributed by atoms with Gasteiger partial charge in [0, 0.05) is 47.4 Å². The van der Waals surface area contributed by atoms with Gasteiger partial charge in [-0.3, -0.25) is 4.68 Å². The third kappa shape index (κ3) is 4.42. The number of rotatable bonds is 7. The summed E-state index contributed by atoms with van der Waals surface area (Å²) in [5.74, 6) is 1.46. The van der Waals surface area contributed by atoms with Crippen LogP contribution in [0.25, 0.3) is 11.3 Å². The number of nitrogen functional groups attached to an aromatic ring is 1. The normalized spacial score (nSPS) is 28.0. The van der Waals surface area contributed by atoms with Gasteiger partial charge in [-0.25, -0.2) is 4.98 Å². The Balaban J connectivity index is 1.32. The minimum atomic E-state index is -4.84. The van der Waals surface area contributed by atoms with E-state index in [-0.39, 0.29) is 11.9 Å². The first-order chi connectivity index (χ1) is 15.6. The van der Waals surface area contributed by atoms with Crippen molar-refractivity contribution < 1.29 is 22.6 Å². The predicted octanol–water partition coefficient (Wildman–Crippen LogP) is 4.12. The van der Waals surface area contributed by atoms with Crippen molar-refractivity contribution in [1.82, 2.24) is 20.1 Å². The zero-order chi connectivity index (χ0) is 23.5. The summed E-state index contributed by atoms with van der Waals surface area (Å²) < 4.78 is 49.5. The number of nitrogens with two attached hydrogens (primary N) is 1. The number of pyridine rings is 1. The number of hydrogen-bond donors (Lipinski definition) is 2. The Bertz CT molecular complexity index is 1010. The molecule has 180 valence electrons. The molecule has 3 heterocycles. The number of anilines is 1. The number of aromatic nitrogens is 3. The van der Waals surface area contributed by atoms with Crippen molar-refractivity contribution in [3.63, 3.8) is 0 Å². The van der Waals surface area contributed by atoms with Gasteiger partial charge in [0.1, 0.15) is 0 Å². The molecule has 3 aliphatic rings. The summed E-state index contributed by atoms with van der Waals surface area (Å²) in [6.07, 6.45) is -1.12. The minimum absolute atomic E-state index is 0.135. The first-order valence-corrected chi connectivity index (χ1v) is 11.6. The molecule has 5 atom stereocenters. The zero-order valence-corrected chi connectivity index (χ0v) is 19.0. The molecule has 2 aliphatic carbocycles. The summed E-state index contributed by atoms with van der Waals surface area (Å²) in [5.41, 5.74) is 7.75. The molecular weight excluding hydrogens is 435 g/mol. The number of hydrogen-bond acceptors (Lipinski definition) is 6. The van der Waals surface area contributed by atoms with Crippen LogP contribution in [0.2, 0.25) is 0 Å². The minimum Gasteiger partial charge on any atom is -0.402 e. The van der Waals surface area contributed by atoms with E-state index in [1.165, 1.54) is 12.3 Å². The van der Waals surface area contributed by atoms with E-state index in [1.807, 2.05) is 10.7 Å². The van der Waals surface area contributed by atoms with Gasteiger partial charge in [0.25, 0.3) is 0 Å². The standard InChI is InChI=1S/C23H30F3N5O2/c1-11(2)31-19(21-16-5-15(6-17(16)21)29-12(3)14-9-32-10-14)7-18(30-31)13-4-20(22(27)28-8-13)33-23(24,25)26/h4,7-8,11-12,14-17,21,29H,5-6,9-10H2,1-3H3,(H2,27,28)/t12?,15?,16-,17+,21?. The van der Waals surface area contributed by atoms with Crippen molar-refractivity contribution in [2.75, 3.05) is 18.9 Å². The molecule has 5 rings (SSSR count). The van der Waals surface area contributed by atoms with E-state index in [9.17, 15) is 13.2 Å². The van der Waals surface area contributed by atoms with Gasteiger partial charge in [-0.1, -0.05) is 0 Å². The number of nitrogens with one attached hydrogen (secondary N) is 1. The van der Waals surface area contributed by atoms with Gasteiger partial charge in [0.05, 0.1) is 18.9 Å². The predicted molar refractivity (Wildman–Crippen MR) is 117 cm³/mol. The van der Waals surface area contributed by atoms with Crippen LogP contribution in [-0.4, -0.2) is 46.4 Å². The molecule has 2 aromatic heterocycles. The smallest absolute Gasteiger partial charge is 0.402 e. The van der Waals surface area contributed by atoms with Crippen LogP contribution in [0.3, 0.4) is 0 Å². The lowest BCUT2D eigenvalue weighted by atomic mass is 9.97. The van der Waals surface area contributed by atoms with Crippen molar-refractivity contribution in [3.05, 3.63) is 24.0 Å². The van der Waals surface area contributed by atoms with Gasteiger partial charge >= 0.3 is 6.36 Å². The van der Waals surface area contributed by atoms with Gasteiger partial charge in [-0.05, 0) is 57.6 Å². The Hall–Kier alpha value is -2.33. The maximum atomic E-state index is 12.7. The van der Waals surface area contributed by atoms with Crippen LogP contribution in [0, 0.1) is 17.8 Å². The second-order valence-electron chi connectivity index (χ2n) is 9.92. The van der Waals surface area contributed by atoms with Crippen LogP contribution in [-0.2, 0) is 4.74 Å². The summed E-state index contributed by atoms with van der Waals surface area (Å²) in [4.78, 5) is 3.89. The summed E-state index contributed by atoms with van der Waals surface area (Å²) >= 11 is 0. The monoisotopic (exact) mass is 465 g/mol. The number of alkyl halides is 3. The van der Waals surface area contributed by atoms with Gasteiger partial charge in [-0.15, -0.1) is 13.2 Å². The number of ether oxygens (including phenoxy) is 2. The summed E-state index contributed by atoms with van der Waals surface area (Å²) in [6.45, 7) is 8.06. The molecule has 0 amide bonds. The second kappa shape index (κ2) is 8.16. The van der Waals surface area contributed by atoms with Gasteiger partial charge < -0.3 is 20.5 Å². The van der Waals surface area contributed by atoms with E-state index in [1.54, 1.807) is 0 Å². The molecular formula is C23H30F3N5O2. The molecule has 0 bridgehead atoms. The lowest BCUT2D eigenvalue weighted by Crippen LogP contribution is -2.47. The molecule has 2 aromatic rings. The Morgan fingerprint density at radius 3 is 2.45 bits per heavy atom. The number of halogens is 3. The van der Waals surface area contributed by atoms with Crippen LogP contribution in [0.1, 0.15) is 51.3 Å². The first kappa shape index (κ1) is 22.5. The summed E-state index contributed by atoms with van der Waals surface area (Å²) in [6, 6.07) is 4.38. The number of fused-ring (bicyclic) bond motifs is 1. The van der Waals surface area contributed by atoms with Gasteiger partial charge in [0.2, 0.25) is 0 Å². The van der Waals surface area contributed by atoms with Crippen LogP contribution in [0.5, 0.6) is 5.75 Å². The Morgan fingerprint density at radius 1 is 1.18 bits per heavy atom. The molecule has 0 aromatic carbocycles. The molecule has 3 unspecified atom stereocenters. The molecule has 3 fully saturated rings. The largest absolute Gasteiger partial charge is 0.573 e. The molecule has 1 saturated heterocycles. The van der Waals surface area contributed by atoms with E-state index in [0.29, 0.717) is 47.0 Å². The quantitative estimate of drug-likeness (QED) is 0.640. The van der Waals surface area contributed by atoms with Crippen molar-refractivity contribution in [3.8, 4) is 17.0 Å². The van der Waals surface area contributed by atoms with Crippen molar-refractivity contribution in [2.24, 2.45) is 17.8 Å². The van der Waals surface area contributed by atoms with E-state index in [4.69, 9.17) is 15.6 Å². The highest BCUT2D eigenvalue weighted by atomic mass is 19.4. The Kier molecular flexibility index (Phi) is 5.55. The lowest BCUT2D eigenvalue weighted by molar-refractivity contribution is -0.274. The molecule has 33 heavy (non-hydrogen) atoms. The summed E-state index contributed by atoms with van der Waals surface area (Å²) in [5, 5.41) is 8.50. The average Bonchev–Trinajstić information content (AvgIpc) is 3.02. The highest BCUT2D eigenvalue weighted by molar-refractivity contribution is 5.64. The maximum Gasteiger partial charge on any atom is 0.573 e.